The van der Waals surface area contributed by atoms with Crippen LogP contribution in [-0.4, -0.2) is 47.4 Å². The molecule has 0 spiro atoms. The highest BCUT2D eigenvalue weighted by atomic mass is 19.1. The first-order valence-electron chi connectivity index (χ1n) is 9.35. The van der Waals surface area contributed by atoms with Crippen molar-refractivity contribution in [3.05, 3.63) is 71.0 Å². The third kappa shape index (κ3) is 5.39. The Morgan fingerprint density at radius 2 is 1.89 bits per heavy atom. The summed E-state index contributed by atoms with van der Waals surface area (Å²) in [5.74, 6) is -0.581. The van der Waals surface area contributed by atoms with E-state index in [2.05, 4.69) is 0 Å². The van der Waals surface area contributed by atoms with Crippen LogP contribution in [-0.2, 0) is 27.5 Å². The van der Waals surface area contributed by atoms with Crippen LogP contribution >= 0.6 is 0 Å². The van der Waals surface area contributed by atoms with Gasteiger partial charge >= 0.3 is 0 Å². The van der Waals surface area contributed by atoms with Crippen LogP contribution in [0.3, 0.4) is 0 Å². The maximum absolute atomic E-state index is 13.4. The van der Waals surface area contributed by atoms with Crippen LogP contribution in [0.15, 0.2) is 48.5 Å². The van der Waals surface area contributed by atoms with Crippen LogP contribution in [0.1, 0.15) is 23.6 Å². The second-order valence-corrected chi connectivity index (χ2v) is 7.23. The van der Waals surface area contributed by atoms with Crippen molar-refractivity contribution in [1.29, 1.82) is 0 Å². The number of carbonyl (C=O) groups is 2. The number of aryl methyl sites for hydroxylation is 1. The number of amides is 2. The molecule has 0 N–H and O–H groups in total. The Kier molecular flexibility index (Phi) is 6.41. The van der Waals surface area contributed by atoms with Crippen molar-refractivity contribution in [2.75, 3.05) is 19.6 Å². The van der Waals surface area contributed by atoms with Gasteiger partial charge in [-0.25, -0.2) is 4.39 Å². The highest BCUT2D eigenvalue weighted by molar-refractivity contribution is 5.84. The zero-order valence-electron chi connectivity index (χ0n) is 16.2. The van der Waals surface area contributed by atoms with E-state index in [1.54, 1.807) is 17.0 Å². The summed E-state index contributed by atoms with van der Waals surface area (Å²) in [5, 5.41) is 0. The van der Waals surface area contributed by atoms with Gasteiger partial charge in [-0.1, -0.05) is 42.0 Å². The van der Waals surface area contributed by atoms with E-state index >= 15 is 0 Å². The van der Waals surface area contributed by atoms with Gasteiger partial charge in [-0.3, -0.25) is 9.59 Å². The van der Waals surface area contributed by atoms with E-state index in [0.717, 1.165) is 16.7 Å². The number of benzene rings is 2. The lowest BCUT2D eigenvalue weighted by atomic mass is 10.1. The minimum atomic E-state index is -0.344. The van der Waals surface area contributed by atoms with E-state index < -0.39 is 0 Å². The Hall–Kier alpha value is -2.73. The standard InChI is InChI=1S/C22H25FN2O3/c1-16-5-3-6-18(9-16)11-25-13-21(12-24(17(2)26)14-22(25)27)28-15-19-7-4-8-20(23)10-19/h3-10,21H,11-15H2,1-2H3. The quantitative estimate of drug-likeness (QED) is 0.797. The smallest absolute Gasteiger partial charge is 0.242 e. The monoisotopic (exact) mass is 384 g/mol. The fourth-order valence-electron chi connectivity index (χ4n) is 3.35. The molecule has 3 rings (SSSR count). The number of ether oxygens (including phenoxy) is 1. The Morgan fingerprint density at radius 3 is 2.61 bits per heavy atom. The second kappa shape index (κ2) is 8.97. The van der Waals surface area contributed by atoms with E-state index in [1.165, 1.54) is 24.0 Å². The molecule has 2 aromatic carbocycles. The maximum atomic E-state index is 13.4. The van der Waals surface area contributed by atoms with E-state index in [0.29, 0.717) is 19.6 Å². The lowest BCUT2D eigenvalue weighted by Gasteiger charge is -2.25. The van der Waals surface area contributed by atoms with Gasteiger partial charge in [0.25, 0.3) is 0 Å². The molecule has 1 saturated heterocycles. The molecule has 0 aliphatic carbocycles. The predicted octanol–water partition coefficient (Wildman–Crippen LogP) is 2.91. The molecule has 1 atom stereocenters. The average Bonchev–Trinajstić information content (AvgIpc) is 2.79. The molecule has 6 heteroatoms. The summed E-state index contributed by atoms with van der Waals surface area (Å²) in [6.45, 7) is 4.91. The van der Waals surface area contributed by atoms with Gasteiger partial charge in [0.2, 0.25) is 11.8 Å². The molecule has 2 aromatic rings. The number of nitrogens with zero attached hydrogens (tertiary/aromatic N) is 2. The Morgan fingerprint density at radius 1 is 1.14 bits per heavy atom. The molecule has 1 heterocycles. The third-order valence-corrected chi connectivity index (χ3v) is 4.80. The molecule has 0 aromatic heterocycles. The summed E-state index contributed by atoms with van der Waals surface area (Å²) in [6.07, 6.45) is -0.344. The van der Waals surface area contributed by atoms with Gasteiger partial charge in [-0.2, -0.15) is 0 Å². The summed E-state index contributed by atoms with van der Waals surface area (Å²) in [5.41, 5.74) is 2.88. The van der Waals surface area contributed by atoms with Crippen LogP contribution in [0.5, 0.6) is 0 Å². The fraction of sp³-hybridized carbons (Fsp3) is 0.364. The van der Waals surface area contributed by atoms with Gasteiger partial charge in [0, 0.05) is 26.6 Å². The SMILES string of the molecule is CC(=O)N1CC(=O)N(Cc2cccc(C)c2)CC(OCc2cccc(F)c2)C1. The summed E-state index contributed by atoms with van der Waals surface area (Å²) >= 11 is 0. The van der Waals surface area contributed by atoms with Crippen LogP contribution < -0.4 is 0 Å². The van der Waals surface area contributed by atoms with E-state index in [-0.39, 0.29) is 36.9 Å². The normalized spacial score (nSPS) is 17.5. The van der Waals surface area contributed by atoms with Crippen molar-refractivity contribution >= 4 is 11.8 Å². The van der Waals surface area contributed by atoms with Crippen LogP contribution in [0.4, 0.5) is 4.39 Å². The lowest BCUT2D eigenvalue weighted by Crippen LogP contribution is -2.38. The molecule has 5 nitrogen and oxygen atoms in total. The van der Waals surface area contributed by atoms with Gasteiger partial charge in [0.1, 0.15) is 5.82 Å². The number of halogens is 1. The number of rotatable bonds is 5. The molecule has 0 bridgehead atoms. The van der Waals surface area contributed by atoms with Crippen LogP contribution in [0, 0.1) is 12.7 Å². The molecule has 1 aliphatic heterocycles. The van der Waals surface area contributed by atoms with E-state index in [9.17, 15) is 14.0 Å². The van der Waals surface area contributed by atoms with Gasteiger partial charge in [0.15, 0.2) is 0 Å². The Balaban J connectivity index is 1.73. The van der Waals surface area contributed by atoms with Crippen molar-refractivity contribution in [2.24, 2.45) is 0 Å². The lowest BCUT2D eigenvalue weighted by molar-refractivity contribution is -0.137. The molecule has 148 valence electrons. The van der Waals surface area contributed by atoms with Crippen LogP contribution in [0.2, 0.25) is 0 Å². The topological polar surface area (TPSA) is 49.9 Å². The van der Waals surface area contributed by atoms with Gasteiger partial charge in [-0.15, -0.1) is 0 Å². The zero-order valence-corrected chi connectivity index (χ0v) is 16.2. The minimum Gasteiger partial charge on any atom is -0.370 e. The van der Waals surface area contributed by atoms with Gasteiger partial charge in [-0.05, 0) is 30.2 Å². The molecule has 0 saturated carbocycles. The van der Waals surface area contributed by atoms with Crippen molar-refractivity contribution in [3.8, 4) is 0 Å². The second-order valence-electron chi connectivity index (χ2n) is 7.23. The highest BCUT2D eigenvalue weighted by Crippen LogP contribution is 2.15. The van der Waals surface area contributed by atoms with Crippen LogP contribution in [0.25, 0.3) is 0 Å². The first-order chi connectivity index (χ1) is 13.4. The van der Waals surface area contributed by atoms with E-state index in [1.807, 2.05) is 31.2 Å². The summed E-state index contributed by atoms with van der Waals surface area (Å²) in [7, 11) is 0. The molecular formula is C22H25FN2O3. The van der Waals surface area contributed by atoms with E-state index in [4.69, 9.17) is 4.74 Å². The minimum absolute atomic E-state index is 0.0426. The van der Waals surface area contributed by atoms with Gasteiger partial charge < -0.3 is 14.5 Å². The largest absolute Gasteiger partial charge is 0.370 e. The number of hydrogen-bond donors (Lipinski definition) is 0. The first-order valence-corrected chi connectivity index (χ1v) is 9.35. The fourth-order valence-corrected chi connectivity index (χ4v) is 3.35. The molecule has 1 aliphatic rings. The average molecular weight is 384 g/mol. The Labute approximate surface area is 164 Å². The Bertz CT molecular complexity index is 855. The molecule has 2 amide bonds. The van der Waals surface area contributed by atoms with Crippen molar-refractivity contribution in [2.45, 2.75) is 33.1 Å². The predicted molar refractivity (Wildman–Crippen MR) is 104 cm³/mol. The van der Waals surface area contributed by atoms with Crippen molar-refractivity contribution in [3.63, 3.8) is 0 Å². The third-order valence-electron chi connectivity index (χ3n) is 4.80. The number of carbonyl (C=O) groups excluding carboxylic acids is 2. The highest BCUT2D eigenvalue weighted by Gasteiger charge is 2.29. The molecular weight excluding hydrogens is 359 g/mol. The summed E-state index contributed by atoms with van der Waals surface area (Å²) in [4.78, 5) is 27.9. The molecule has 0 radical (unpaired) electrons. The zero-order chi connectivity index (χ0) is 20.1. The summed E-state index contributed by atoms with van der Waals surface area (Å²) in [6, 6.07) is 14.2. The molecule has 28 heavy (non-hydrogen) atoms. The van der Waals surface area contributed by atoms with Gasteiger partial charge in [0.05, 0.1) is 19.3 Å². The first kappa shape index (κ1) is 20.0. The maximum Gasteiger partial charge on any atom is 0.242 e. The summed E-state index contributed by atoms with van der Waals surface area (Å²) < 4.78 is 19.4. The van der Waals surface area contributed by atoms with Crippen molar-refractivity contribution in [1.82, 2.24) is 9.80 Å². The molecule has 1 unspecified atom stereocenters. The molecule has 1 fully saturated rings. The van der Waals surface area contributed by atoms with Crippen molar-refractivity contribution < 1.29 is 18.7 Å². The number of hydrogen-bond acceptors (Lipinski definition) is 3.